The summed E-state index contributed by atoms with van der Waals surface area (Å²) in [6.45, 7) is 6.15. The minimum Gasteiger partial charge on any atom is -0.497 e. The monoisotopic (exact) mass is 544 g/mol. The predicted molar refractivity (Wildman–Crippen MR) is 136 cm³/mol. The summed E-state index contributed by atoms with van der Waals surface area (Å²) in [5.41, 5.74) is 0.640. The summed E-state index contributed by atoms with van der Waals surface area (Å²) in [6, 6.07) is 9.13. The Morgan fingerprint density at radius 1 is 1.32 bits per heavy atom. The molecule has 0 unspecified atom stereocenters. The first kappa shape index (κ1) is 26.3. The number of hydrogen-bond donors (Lipinski definition) is 2. The molecule has 0 saturated carbocycles. The number of aromatic amines is 1. The smallest absolute Gasteiger partial charge is 0.442 e. The van der Waals surface area contributed by atoms with Crippen molar-refractivity contribution >= 4 is 40.1 Å². The van der Waals surface area contributed by atoms with Gasteiger partial charge in [0.2, 0.25) is 11.6 Å². The number of thiophene rings is 1. The second-order valence-electron chi connectivity index (χ2n) is 9.13. The molecule has 1 aromatic carbocycles. The lowest BCUT2D eigenvalue weighted by Gasteiger charge is -2.29. The first-order valence-electron chi connectivity index (χ1n) is 11.3. The number of aromatic nitrogens is 2. The van der Waals surface area contributed by atoms with E-state index in [4.69, 9.17) is 14.0 Å². The van der Waals surface area contributed by atoms with Gasteiger partial charge in [0.1, 0.15) is 22.4 Å². The number of ether oxygens (including phenoxy) is 2. The zero-order valence-corrected chi connectivity index (χ0v) is 22.4. The van der Waals surface area contributed by atoms with Crippen LogP contribution in [0.25, 0.3) is 5.69 Å². The summed E-state index contributed by atoms with van der Waals surface area (Å²) < 4.78 is 17.0. The normalized spacial score (nSPS) is 13.0. The average molecular weight is 545 g/mol. The second kappa shape index (κ2) is 10.7. The molecule has 2 N–H and O–H groups in total. The highest BCUT2D eigenvalue weighted by molar-refractivity contribution is 7.99. The number of thioether (sulfide) groups is 1. The first-order chi connectivity index (χ1) is 17.6. The number of methoxy groups -OCH3 is 1. The van der Waals surface area contributed by atoms with Crippen LogP contribution in [0.2, 0.25) is 0 Å². The van der Waals surface area contributed by atoms with Crippen molar-refractivity contribution in [3.8, 4) is 17.5 Å². The number of nitriles is 1. The van der Waals surface area contributed by atoms with E-state index in [1.54, 1.807) is 57.0 Å². The van der Waals surface area contributed by atoms with Crippen LogP contribution in [0.15, 0.2) is 38.6 Å². The molecular formula is C24H26N5O6S2+. The number of carbonyl (C=O) groups is 2. The molecule has 0 bridgehead atoms. The van der Waals surface area contributed by atoms with Gasteiger partial charge in [0.05, 0.1) is 25.0 Å². The van der Waals surface area contributed by atoms with Gasteiger partial charge in [-0.25, -0.2) is 9.59 Å². The van der Waals surface area contributed by atoms with Crippen LogP contribution in [0.3, 0.4) is 0 Å². The van der Waals surface area contributed by atoms with Gasteiger partial charge in [0, 0.05) is 23.6 Å². The van der Waals surface area contributed by atoms with Crippen LogP contribution in [0.1, 0.15) is 36.8 Å². The van der Waals surface area contributed by atoms with Crippen molar-refractivity contribution in [2.75, 3.05) is 24.7 Å². The highest BCUT2D eigenvalue weighted by Crippen LogP contribution is 2.37. The van der Waals surface area contributed by atoms with Crippen LogP contribution in [0, 0.1) is 11.3 Å². The average Bonchev–Trinajstić information content (AvgIpc) is 3.40. The molecule has 3 heterocycles. The minimum atomic E-state index is -0.611. The fraction of sp³-hybridized carbons (Fsp3) is 0.375. The van der Waals surface area contributed by atoms with E-state index in [-0.39, 0.29) is 16.7 Å². The molecule has 0 atom stereocenters. The van der Waals surface area contributed by atoms with E-state index in [0.717, 1.165) is 22.2 Å². The van der Waals surface area contributed by atoms with Crippen molar-refractivity contribution in [3.05, 3.63) is 50.7 Å². The van der Waals surface area contributed by atoms with E-state index in [2.05, 4.69) is 16.7 Å². The van der Waals surface area contributed by atoms with Crippen molar-refractivity contribution in [3.63, 3.8) is 0 Å². The van der Waals surface area contributed by atoms with Gasteiger partial charge >= 0.3 is 16.7 Å². The Morgan fingerprint density at radius 2 is 2.05 bits per heavy atom. The molecule has 1 aliphatic heterocycles. The molecule has 1 aliphatic rings. The largest absolute Gasteiger partial charge is 0.497 e. The summed E-state index contributed by atoms with van der Waals surface area (Å²) in [6.07, 6.45) is 0.0766. The van der Waals surface area contributed by atoms with Gasteiger partial charge in [0.25, 0.3) is 0 Å². The Balaban J connectivity index is 1.44. The zero-order chi connectivity index (χ0) is 26.7. The Labute approximate surface area is 220 Å². The van der Waals surface area contributed by atoms with E-state index in [1.165, 1.54) is 16.0 Å². The summed E-state index contributed by atoms with van der Waals surface area (Å²) >= 11 is 2.27. The minimum absolute atomic E-state index is 0.0871. The van der Waals surface area contributed by atoms with Gasteiger partial charge < -0.3 is 19.7 Å². The van der Waals surface area contributed by atoms with Crippen molar-refractivity contribution in [2.45, 2.75) is 44.4 Å². The highest BCUT2D eigenvalue weighted by Gasteiger charge is 2.30. The summed E-state index contributed by atoms with van der Waals surface area (Å²) in [4.78, 5) is 39.9. The predicted octanol–water partition coefficient (Wildman–Crippen LogP) is 3.21. The number of nitrogens with one attached hydrogen (secondary N) is 2. The number of H-pyrrole nitrogens is 1. The molecule has 0 saturated heterocycles. The van der Waals surface area contributed by atoms with Crippen molar-refractivity contribution in [2.24, 2.45) is 0 Å². The molecule has 2 amide bonds. The fourth-order valence-corrected chi connectivity index (χ4v) is 5.68. The standard InChI is InChI=1S/C24H25N5O6S2/c1-24(2,3)34-23(32)28-10-9-16-17(11-25)20(37-18(16)12-28)26-19(30)13-36-21-22(31)35-27-29(21)14-5-7-15(33-4)8-6-14/h5-8H,9-10,12-13H2,1-4H3,(H-,26,27,30,31)/p+1. The quantitative estimate of drug-likeness (QED) is 0.356. The number of nitrogens with zero attached hydrogens (tertiary/aromatic N) is 3. The van der Waals surface area contributed by atoms with Gasteiger partial charge in [-0.2, -0.15) is 5.26 Å². The molecule has 11 nitrogen and oxygen atoms in total. The number of benzene rings is 1. The summed E-state index contributed by atoms with van der Waals surface area (Å²) in [5.74, 6) is 0.187. The SMILES string of the molecule is COc1ccc(-[n+]2[nH]oc(=O)c2SCC(=O)Nc2sc3c(c2C#N)CCN(C(=O)OC(C)(C)C)C3)cc1. The van der Waals surface area contributed by atoms with E-state index < -0.39 is 17.3 Å². The van der Waals surface area contributed by atoms with Gasteiger partial charge in [-0.3, -0.25) is 9.32 Å². The molecule has 37 heavy (non-hydrogen) atoms. The molecule has 4 rings (SSSR count). The molecular weight excluding hydrogens is 518 g/mol. The van der Waals surface area contributed by atoms with Crippen LogP contribution in [0.5, 0.6) is 5.75 Å². The molecule has 2 aromatic heterocycles. The van der Waals surface area contributed by atoms with Gasteiger partial charge in [-0.05, 0) is 66.6 Å². The molecule has 0 fully saturated rings. The van der Waals surface area contributed by atoms with E-state index in [0.29, 0.717) is 41.5 Å². The Kier molecular flexibility index (Phi) is 7.60. The summed E-state index contributed by atoms with van der Waals surface area (Å²) in [5, 5.41) is 15.7. The lowest BCUT2D eigenvalue weighted by atomic mass is 10.0. The highest BCUT2D eigenvalue weighted by atomic mass is 32.2. The topological polar surface area (TPSA) is 142 Å². The van der Waals surface area contributed by atoms with Crippen LogP contribution >= 0.6 is 23.1 Å². The van der Waals surface area contributed by atoms with Crippen LogP contribution < -0.4 is 20.4 Å². The Morgan fingerprint density at radius 3 is 2.70 bits per heavy atom. The van der Waals surface area contributed by atoms with Crippen LogP contribution in [0.4, 0.5) is 9.80 Å². The van der Waals surface area contributed by atoms with Gasteiger partial charge in [0.15, 0.2) is 0 Å². The molecule has 194 valence electrons. The number of anilines is 1. The van der Waals surface area contributed by atoms with Crippen molar-refractivity contribution in [1.82, 2.24) is 10.2 Å². The lowest BCUT2D eigenvalue weighted by molar-refractivity contribution is -0.704. The zero-order valence-electron chi connectivity index (χ0n) is 20.7. The van der Waals surface area contributed by atoms with Crippen LogP contribution in [-0.2, 0) is 22.5 Å². The third kappa shape index (κ3) is 5.98. The maximum absolute atomic E-state index is 12.8. The third-order valence-electron chi connectivity index (χ3n) is 5.35. The molecule has 13 heteroatoms. The number of carbonyl (C=O) groups excluding carboxylic acids is 2. The first-order valence-corrected chi connectivity index (χ1v) is 13.1. The van der Waals surface area contributed by atoms with Crippen LogP contribution in [-0.4, -0.2) is 47.2 Å². The maximum Gasteiger partial charge on any atom is 0.442 e. The number of amides is 2. The Bertz CT molecular complexity index is 1410. The van der Waals surface area contributed by atoms with Gasteiger partial charge in [-0.15, -0.1) is 11.3 Å². The Hall–Kier alpha value is -3.76. The van der Waals surface area contributed by atoms with E-state index in [1.807, 2.05) is 0 Å². The molecule has 0 spiro atoms. The molecule has 0 radical (unpaired) electrons. The van der Waals surface area contributed by atoms with E-state index in [9.17, 15) is 19.6 Å². The summed E-state index contributed by atoms with van der Waals surface area (Å²) in [7, 11) is 1.56. The number of fused-ring (bicyclic) bond motifs is 1. The molecule has 3 aromatic rings. The number of rotatable bonds is 6. The number of hydrogen-bond acceptors (Lipinski definition) is 9. The third-order valence-corrected chi connectivity index (χ3v) is 7.51. The fourth-order valence-electron chi connectivity index (χ4n) is 3.68. The maximum atomic E-state index is 12.8. The van der Waals surface area contributed by atoms with E-state index >= 15 is 0 Å². The van der Waals surface area contributed by atoms with Crippen molar-refractivity contribution in [1.29, 1.82) is 5.26 Å². The van der Waals surface area contributed by atoms with Crippen molar-refractivity contribution < 1.29 is 28.3 Å². The van der Waals surface area contributed by atoms with Gasteiger partial charge in [-0.1, -0.05) is 0 Å². The second-order valence-corrected chi connectivity index (χ2v) is 11.2. The lowest BCUT2D eigenvalue weighted by Crippen LogP contribution is -2.39. The molecule has 0 aliphatic carbocycles.